The maximum Gasteiger partial charge on any atom is 0.412 e. The van der Waals surface area contributed by atoms with Crippen LogP contribution in [0.5, 0.6) is 0 Å². The highest BCUT2D eigenvalue weighted by molar-refractivity contribution is 6.67. The van der Waals surface area contributed by atoms with Crippen LogP contribution in [0.25, 0.3) is 22.4 Å². The summed E-state index contributed by atoms with van der Waals surface area (Å²) < 4.78 is 7.76. The summed E-state index contributed by atoms with van der Waals surface area (Å²) in [6, 6.07) is 10.9. The Labute approximate surface area is 204 Å². The number of anilines is 2. The minimum absolute atomic E-state index is 0.301. The Morgan fingerprint density at radius 2 is 1.76 bits per heavy atom. The molecule has 0 bridgehead atoms. The van der Waals surface area contributed by atoms with Gasteiger partial charge in [0.1, 0.15) is 18.8 Å². The van der Waals surface area contributed by atoms with Gasteiger partial charge in [-0.1, -0.05) is 53.0 Å². The fourth-order valence-electron chi connectivity index (χ4n) is 2.78. The van der Waals surface area contributed by atoms with Gasteiger partial charge in [-0.15, -0.1) is 0 Å². The van der Waals surface area contributed by atoms with E-state index in [0.29, 0.717) is 17.2 Å². The summed E-state index contributed by atoms with van der Waals surface area (Å²) in [6.07, 6.45) is 1.42. The van der Waals surface area contributed by atoms with Crippen LogP contribution in [0.2, 0.25) is 0 Å². The first-order valence-corrected chi connectivity index (χ1v) is 10.5. The molecule has 0 radical (unpaired) electrons. The Balaban J connectivity index is 1.84. The number of amides is 2. The molecule has 3 rings (SSSR count). The molecule has 33 heavy (non-hydrogen) atoms. The van der Waals surface area contributed by atoms with Crippen molar-refractivity contribution in [1.82, 2.24) is 15.0 Å². The highest BCUT2D eigenvalue weighted by Gasteiger charge is 2.22. The van der Waals surface area contributed by atoms with E-state index in [4.69, 9.17) is 39.5 Å². The Kier molecular flexibility index (Phi) is 7.91. The molecule has 12 heteroatoms. The summed E-state index contributed by atoms with van der Waals surface area (Å²) >= 11 is 16.8. The second-order valence-electron chi connectivity index (χ2n) is 6.66. The lowest BCUT2D eigenvalue weighted by atomic mass is 10.0. The minimum atomic E-state index is -1.71. The smallest absolute Gasteiger partial charge is 0.412 e. The van der Waals surface area contributed by atoms with Crippen molar-refractivity contribution in [2.45, 2.75) is 10.7 Å². The first kappa shape index (κ1) is 24.5. The van der Waals surface area contributed by atoms with Gasteiger partial charge in [0.25, 0.3) is 0 Å². The molecular weight excluding hydrogens is 493 g/mol. The number of carbonyl (C=O) groups is 2. The molecule has 2 N–H and O–H groups in total. The van der Waals surface area contributed by atoms with Crippen molar-refractivity contribution in [2.24, 2.45) is 0 Å². The molecule has 0 aliphatic rings. The summed E-state index contributed by atoms with van der Waals surface area (Å²) in [6.45, 7) is 1.44. The van der Waals surface area contributed by atoms with Crippen LogP contribution in [0.3, 0.4) is 0 Å². The Morgan fingerprint density at radius 3 is 2.48 bits per heavy atom. The predicted molar refractivity (Wildman–Crippen MR) is 127 cm³/mol. The topological polar surface area (TPSA) is 115 Å². The molecule has 3 aromatic rings. The number of methoxy groups -OCH3 is 1. The number of nitrogens with one attached hydrogen (secondary N) is 2. The van der Waals surface area contributed by atoms with E-state index in [9.17, 15) is 9.59 Å². The van der Waals surface area contributed by atoms with Crippen LogP contribution >= 0.6 is 34.8 Å². The third-order valence-electron chi connectivity index (χ3n) is 4.25. The van der Waals surface area contributed by atoms with Gasteiger partial charge in [0.2, 0.25) is 3.79 Å². The lowest BCUT2D eigenvalue weighted by Gasteiger charge is -2.13. The Hall–Kier alpha value is -3.14. The summed E-state index contributed by atoms with van der Waals surface area (Å²) in [5.41, 5.74) is 4.12. The van der Waals surface area contributed by atoms with Crippen LogP contribution in [0.1, 0.15) is 5.69 Å². The molecule has 0 aliphatic carbocycles. The highest BCUT2D eigenvalue weighted by atomic mass is 35.6. The predicted octanol–water partition coefficient (Wildman–Crippen LogP) is 5.61. The number of aromatic nitrogens is 3. The summed E-state index contributed by atoms with van der Waals surface area (Å²) in [7, 11) is 1.26. The molecular formula is C21H18Cl3N5O4. The van der Waals surface area contributed by atoms with E-state index in [1.54, 1.807) is 12.1 Å². The first-order valence-electron chi connectivity index (χ1n) is 9.39. The quantitative estimate of drug-likeness (QED) is 0.429. The largest absolute Gasteiger partial charge is 0.453 e. The number of benzene rings is 1. The lowest BCUT2D eigenvalue weighted by Crippen LogP contribution is -2.21. The average molecular weight is 511 g/mol. The van der Waals surface area contributed by atoms with E-state index in [-0.39, 0.29) is 0 Å². The monoisotopic (exact) mass is 509 g/mol. The van der Waals surface area contributed by atoms with Gasteiger partial charge in [-0.2, -0.15) is 0 Å². The van der Waals surface area contributed by atoms with E-state index in [1.165, 1.54) is 19.6 Å². The van der Waals surface area contributed by atoms with Crippen LogP contribution in [0, 0.1) is 6.92 Å². The third-order valence-corrected chi connectivity index (χ3v) is 4.58. The highest BCUT2D eigenvalue weighted by Crippen LogP contribution is 2.30. The van der Waals surface area contributed by atoms with Crippen LogP contribution in [0.15, 0.2) is 48.9 Å². The van der Waals surface area contributed by atoms with Crippen molar-refractivity contribution in [3.8, 4) is 22.4 Å². The molecule has 2 amide bonds. The zero-order valence-corrected chi connectivity index (χ0v) is 19.7. The van der Waals surface area contributed by atoms with Crippen molar-refractivity contribution in [3.05, 3.63) is 54.6 Å². The zero-order valence-electron chi connectivity index (χ0n) is 17.4. The van der Waals surface area contributed by atoms with Crippen molar-refractivity contribution >= 4 is 58.5 Å². The van der Waals surface area contributed by atoms with Gasteiger partial charge in [0.15, 0.2) is 0 Å². The normalized spacial score (nSPS) is 10.9. The zero-order chi connectivity index (χ0) is 24.0. The lowest BCUT2D eigenvalue weighted by molar-refractivity contribution is 0.164. The average Bonchev–Trinajstić information content (AvgIpc) is 2.79. The van der Waals surface area contributed by atoms with Gasteiger partial charge in [-0.25, -0.2) is 19.6 Å². The number of hydrogen-bond donors (Lipinski definition) is 2. The molecule has 0 unspecified atom stereocenters. The standard InChI is InChI=1S/C21H18Cl3N5O4/c1-12-16(7-15(9-25-12)28-20(31)33-10-21(22,23)24)13-4-3-5-14(6-13)17-8-18(27-11-26-17)29-19(30)32-2/h3-9,11H,10H2,1-2H3,(H,28,31)(H,26,27,29,30). The minimum Gasteiger partial charge on any atom is -0.453 e. The fraction of sp³-hybridized carbons (Fsp3) is 0.190. The van der Waals surface area contributed by atoms with E-state index < -0.39 is 22.6 Å². The van der Waals surface area contributed by atoms with E-state index >= 15 is 0 Å². The number of hydrogen-bond acceptors (Lipinski definition) is 7. The molecule has 0 atom stereocenters. The Morgan fingerprint density at radius 1 is 1.00 bits per heavy atom. The molecule has 9 nitrogen and oxygen atoms in total. The van der Waals surface area contributed by atoms with Crippen LogP contribution in [-0.4, -0.2) is 44.6 Å². The SMILES string of the molecule is COC(=O)Nc1cc(-c2cccc(-c3cc(NC(=O)OCC(Cl)(Cl)Cl)cnc3C)c2)ncn1. The maximum absolute atomic E-state index is 12.0. The molecule has 2 aromatic heterocycles. The van der Waals surface area contributed by atoms with Gasteiger partial charge in [-0.3, -0.25) is 15.6 Å². The van der Waals surface area contributed by atoms with E-state index in [1.807, 2.05) is 31.2 Å². The van der Waals surface area contributed by atoms with Crippen molar-refractivity contribution < 1.29 is 19.1 Å². The van der Waals surface area contributed by atoms with Gasteiger partial charge < -0.3 is 9.47 Å². The molecule has 2 heterocycles. The van der Waals surface area contributed by atoms with Crippen molar-refractivity contribution in [3.63, 3.8) is 0 Å². The van der Waals surface area contributed by atoms with Gasteiger partial charge >= 0.3 is 12.2 Å². The Bertz CT molecular complexity index is 1170. The number of pyridine rings is 1. The number of alkyl halides is 3. The van der Waals surface area contributed by atoms with Crippen LogP contribution < -0.4 is 10.6 Å². The number of rotatable bonds is 5. The van der Waals surface area contributed by atoms with E-state index in [2.05, 4.69) is 30.3 Å². The van der Waals surface area contributed by atoms with Crippen molar-refractivity contribution in [2.75, 3.05) is 24.4 Å². The molecule has 1 aromatic carbocycles. The molecule has 0 saturated heterocycles. The summed E-state index contributed by atoms with van der Waals surface area (Å²) in [5, 5.41) is 5.06. The second-order valence-corrected chi connectivity index (χ2v) is 9.18. The number of carbonyl (C=O) groups excluding carboxylic acids is 2. The van der Waals surface area contributed by atoms with E-state index in [0.717, 1.165) is 22.4 Å². The molecule has 172 valence electrons. The van der Waals surface area contributed by atoms with Crippen molar-refractivity contribution in [1.29, 1.82) is 0 Å². The molecule has 0 aliphatic heterocycles. The number of nitrogens with zero attached hydrogens (tertiary/aromatic N) is 3. The number of ether oxygens (including phenoxy) is 2. The van der Waals surface area contributed by atoms with Gasteiger partial charge in [0.05, 0.1) is 24.7 Å². The van der Waals surface area contributed by atoms with Gasteiger partial charge in [-0.05, 0) is 24.6 Å². The fourth-order valence-corrected chi connectivity index (χ4v) is 2.94. The van der Waals surface area contributed by atoms with Crippen LogP contribution in [0.4, 0.5) is 21.1 Å². The summed E-state index contributed by atoms with van der Waals surface area (Å²) in [4.78, 5) is 36.0. The summed E-state index contributed by atoms with van der Waals surface area (Å²) in [5.74, 6) is 0.301. The third kappa shape index (κ3) is 7.18. The number of halogens is 3. The molecule has 0 spiro atoms. The van der Waals surface area contributed by atoms with Crippen LogP contribution in [-0.2, 0) is 9.47 Å². The van der Waals surface area contributed by atoms with Gasteiger partial charge in [0, 0.05) is 22.9 Å². The molecule has 0 fully saturated rings. The second kappa shape index (κ2) is 10.7. The first-order chi connectivity index (χ1) is 15.6. The number of aryl methyl sites for hydroxylation is 1. The molecule has 0 saturated carbocycles. The maximum atomic E-state index is 12.0.